The molecule has 0 amide bonds. The molecule has 29 heavy (non-hydrogen) atoms. The summed E-state index contributed by atoms with van der Waals surface area (Å²) in [5.74, 6) is 1.87. The average molecular weight is 407 g/mol. The number of hydrogen-bond acceptors (Lipinski definition) is 5. The number of aromatic nitrogens is 1. The van der Waals surface area contributed by atoms with E-state index in [4.69, 9.17) is 4.42 Å². The molecule has 0 aliphatic carbocycles. The number of guanidine groups is 1. The highest BCUT2D eigenvalue weighted by molar-refractivity contribution is 7.19. The number of thiophene rings is 1. The fourth-order valence-electron chi connectivity index (χ4n) is 2.97. The van der Waals surface area contributed by atoms with Gasteiger partial charge < -0.3 is 20.2 Å². The summed E-state index contributed by atoms with van der Waals surface area (Å²) in [5.41, 5.74) is 0.986. The number of benzene rings is 2. The van der Waals surface area contributed by atoms with Crippen molar-refractivity contribution in [2.24, 2.45) is 4.99 Å². The highest BCUT2D eigenvalue weighted by Gasteiger charge is 2.13. The van der Waals surface area contributed by atoms with Crippen LogP contribution in [0.2, 0.25) is 0 Å². The van der Waals surface area contributed by atoms with E-state index in [2.05, 4.69) is 32.7 Å². The lowest BCUT2D eigenvalue weighted by molar-refractivity contribution is 0.184. The lowest BCUT2D eigenvalue weighted by Gasteiger charge is -2.13. The molecule has 148 valence electrons. The molecule has 2 aromatic carbocycles. The fraction of sp³-hybridized carbons (Fsp3) is 0.182. The van der Waals surface area contributed by atoms with Crippen LogP contribution in [-0.4, -0.2) is 29.6 Å². The Kier molecular flexibility index (Phi) is 5.88. The first-order valence-corrected chi connectivity index (χ1v) is 10.2. The van der Waals surface area contributed by atoms with Crippen molar-refractivity contribution < 1.29 is 9.52 Å². The summed E-state index contributed by atoms with van der Waals surface area (Å²) in [6, 6.07) is 20.0. The van der Waals surface area contributed by atoms with E-state index in [0.29, 0.717) is 24.9 Å². The second kappa shape index (κ2) is 8.89. The fourth-order valence-corrected chi connectivity index (χ4v) is 4.02. The minimum Gasteiger partial charge on any atom is -0.439 e. The topological polar surface area (TPSA) is 82.7 Å². The molecule has 0 saturated carbocycles. The van der Waals surface area contributed by atoms with Crippen LogP contribution in [0.25, 0.3) is 21.4 Å². The Morgan fingerprint density at radius 1 is 1.14 bits per heavy atom. The molecule has 0 saturated heterocycles. The predicted octanol–water partition coefficient (Wildman–Crippen LogP) is 3.95. The molecule has 0 spiro atoms. The van der Waals surface area contributed by atoms with Crippen molar-refractivity contribution in [1.82, 2.24) is 15.6 Å². The van der Waals surface area contributed by atoms with E-state index in [0.717, 1.165) is 21.6 Å². The first-order chi connectivity index (χ1) is 14.2. The minimum atomic E-state index is -0.614. The molecule has 2 aromatic heterocycles. The van der Waals surface area contributed by atoms with Crippen LogP contribution in [0.5, 0.6) is 0 Å². The highest BCUT2D eigenvalue weighted by atomic mass is 32.1. The molecule has 3 N–H and O–H groups in total. The second-order valence-corrected chi connectivity index (χ2v) is 7.61. The van der Waals surface area contributed by atoms with Crippen LogP contribution in [0.1, 0.15) is 16.9 Å². The summed E-state index contributed by atoms with van der Waals surface area (Å²) in [7, 11) is 1.69. The Bertz CT molecular complexity index is 1070. The van der Waals surface area contributed by atoms with Gasteiger partial charge in [0.1, 0.15) is 6.10 Å². The van der Waals surface area contributed by atoms with Crippen LogP contribution < -0.4 is 10.6 Å². The molecule has 7 heteroatoms. The van der Waals surface area contributed by atoms with Gasteiger partial charge in [-0.2, -0.15) is 0 Å². The number of nitrogens with one attached hydrogen (secondary N) is 2. The molecular formula is C22H22N4O2S. The summed E-state index contributed by atoms with van der Waals surface area (Å²) in [6.45, 7) is 0.749. The van der Waals surface area contributed by atoms with E-state index >= 15 is 0 Å². The Balaban J connectivity index is 1.31. The molecule has 0 fully saturated rings. The number of fused-ring (bicyclic) bond motifs is 1. The molecule has 0 radical (unpaired) electrons. The van der Waals surface area contributed by atoms with E-state index in [1.165, 1.54) is 4.70 Å². The van der Waals surface area contributed by atoms with Crippen molar-refractivity contribution in [3.05, 3.63) is 77.6 Å². The molecular weight excluding hydrogens is 384 g/mol. The smallest absolute Gasteiger partial charge is 0.214 e. The van der Waals surface area contributed by atoms with Crippen molar-refractivity contribution in [2.75, 3.05) is 13.6 Å². The molecule has 6 nitrogen and oxygen atoms in total. The van der Waals surface area contributed by atoms with Crippen LogP contribution in [0.3, 0.4) is 0 Å². The van der Waals surface area contributed by atoms with Gasteiger partial charge in [0.2, 0.25) is 5.89 Å². The van der Waals surface area contributed by atoms with Gasteiger partial charge in [-0.1, -0.05) is 48.5 Å². The monoisotopic (exact) mass is 406 g/mol. The van der Waals surface area contributed by atoms with Gasteiger partial charge >= 0.3 is 0 Å². The number of aliphatic imine (C=N–C) groups is 1. The third-order valence-corrected chi connectivity index (χ3v) is 5.70. The van der Waals surface area contributed by atoms with Gasteiger partial charge in [-0.3, -0.25) is 4.99 Å². The Hall–Kier alpha value is -3.16. The van der Waals surface area contributed by atoms with Gasteiger partial charge in [0.15, 0.2) is 11.7 Å². The summed E-state index contributed by atoms with van der Waals surface area (Å²) in [6.07, 6.45) is 1.10. The molecule has 0 bridgehead atoms. The predicted molar refractivity (Wildman–Crippen MR) is 117 cm³/mol. The van der Waals surface area contributed by atoms with Gasteiger partial charge in [-0.05, 0) is 17.5 Å². The number of nitrogens with zero attached hydrogens (tertiary/aromatic N) is 2. The van der Waals surface area contributed by atoms with E-state index in [1.54, 1.807) is 24.6 Å². The van der Waals surface area contributed by atoms with Crippen molar-refractivity contribution in [3.8, 4) is 11.3 Å². The second-order valence-electron chi connectivity index (χ2n) is 6.49. The van der Waals surface area contributed by atoms with Crippen LogP contribution in [0.15, 0.2) is 76.3 Å². The minimum absolute atomic E-state index is 0.355. The number of aliphatic hydroxyl groups is 1. The zero-order chi connectivity index (χ0) is 20.1. The number of hydrogen-bond donors (Lipinski definition) is 3. The van der Waals surface area contributed by atoms with Crippen molar-refractivity contribution in [3.63, 3.8) is 0 Å². The van der Waals surface area contributed by atoms with Gasteiger partial charge in [0.05, 0.1) is 12.7 Å². The SMILES string of the molecule is CN=C(NCc1ncc(-c2ccccc2)o1)NCC(O)c1cc2ccccc2s1. The molecule has 0 aliphatic heterocycles. The maximum atomic E-state index is 10.5. The quantitative estimate of drug-likeness (QED) is 0.334. The maximum absolute atomic E-state index is 10.5. The molecule has 4 rings (SSSR count). The largest absolute Gasteiger partial charge is 0.439 e. The first kappa shape index (κ1) is 19.2. The van der Waals surface area contributed by atoms with Crippen LogP contribution in [0, 0.1) is 0 Å². The van der Waals surface area contributed by atoms with Crippen LogP contribution in [0.4, 0.5) is 0 Å². The average Bonchev–Trinajstić information content (AvgIpc) is 3.41. The van der Waals surface area contributed by atoms with Gasteiger partial charge in [-0.15, -0.1) is 11.3 Å². The maximum Gasteiger partial charge on any atom is 0.214 e. The highest BCUT2D eigenvalue weighted by Crippen LogP contribution is 2.29. The standard InChI is InChI=1S/C22H22N4O2S/c1-23-22(25-12-17(27)20-11-16-9-5-6-10-19(16)29-20)26-14-21-24-13-18(28-21)15-7-3-2-4-8-15/h2-11,13,17,27H,12,14H2,1H3,(H2,23,25,26). The zero-order valence-electron chi connectivity index (χ0n) is 16.0. The van der Waals surface area contributed by atoms with Gasteiger partial charge in [-0.25, -0.2) is 4.98 Å². The summed E-state index contributed by atoms with van der Waals surface area (Å²) < 4.78 is 6.96. The Labute approximate surface area is 172 Å². The Morgan fingerprint density at radius 2 is 1.93 bits per heavy atom. The van der Waals surface area contributed by atoms with Crippen LogP contribution >= 0.6 is 11.3 Å². The molecule has 0 aliphatic rings. The lowest BCUT2D eigenvalue weighted by atomic mass is 10.2. The number of rotatable bonds is 6. The lowest BCUT2D eigenvalue weighted by Crippen LogP contribution is -2.38. The molecule has 1 unspecified atom stereocenters. The third-order valence-electron chi connectivity index (χ3n) is 4.48. The molecule has 1 atom stereocenters. The van der Waals surface area contributed by atoms with Crippen LogP contribution in [-0.2, 0) is 6.54 Å². The zero-order valence-corrected chi connectivity index (χ0v) is 16.8. The summed E-state index contributed by atoms with van der Waals surface area (Å²) in [5, 5.41) is 18.0. The molecule has 4 aromatic rings. The van der Waals surface area contributed by atoms with Crippen molar-refractivity contribution >= 4 is 27.4 Å². The van der Waals surface area contributed by atoms with Crippen molar-refractivity contribution in [1.29, 1.82) is 0 Å². The third kappa shape index (κ3) is 4.64. The summed E-state index contributed by atoms with van der Waals surface area (Å²) >= 11 is 1.60. The first-order valence-electron chi connectivity index (χ1n) is 9.34. The Morgan fingerprint density at radius 3 is 2.72 bits per heavy atom. The number of aliphatic hydroxyl groups excluding tert-OH is 1. The van der Waals surface area contributed by atoms with Gasteiger partial charge in [0.25, 0.3) is 0 Å². The van der Waals surface area contributed by atoms with E-state index in [-0.39, 0.29) is 0 Å². The van der Waals surface area contributed by atoms with E-state index < -0.39 is 6.10 Å². The normalized spacial score (nSPS) is 12.8. The van der Waals surface area contributed by atoms with E-state index in [1.807, 2.05) is 48.5 Å². The molecule has 2 heterocycles. The van der Waals surface area contributed by atoms with Crippen molar-refractivity contribution in [2.45, 2.75) is 12.6 Å². The summed E-state index contributed by atoms with van der Waals surface area (Å²) in [4.78, 5) is 9.43. The van der Waals surface area contributed by atoms with Gasteiger partial charge in [0, 0.05) is 28.7 Å². The number of oxazole rings is 1. The van der Waals surface area contributed by atoms with E-state index in [9.17, 15) is 5.11 Å².